The van der Waals surface area contributed by atoms with Crippen molar-refractivity contribution in [3.63, 3.8) is 0 Å². The van der Waals surface area contributed by atoms with Crippen LogP contribution in [0.2, 0.25) is 5.02 Å². The average Bonchev–Trinajstić information content (AvgIpc) is 2.71. The van der Waals surface area contributed by atoms with Crippen LogP contribution in [0.5, 0.6) is 17.4 Å². The molecule has 2 aromatic carbocycles. The van der Waals surface area contributed by atoms with Crippen LogP contribution >= 0.6 is 27.5 Å². The lowest BCUT2D eigenvalue weighted by Gasteiger charge is -2.14. The van der Waals surface area contributed by atoms with Crippen molar-refractivity contribution in [2.75, 3.05) is 7.11 Å². The third kappa shape index (κ3) is 5.22. The number of methoxy groups -OCH3 is 1. The minimum Gasteiger partial charge on any atom is -0.493 e. The van der Waals surface area contributed by atoms with Gasteiger partial charge in [-0.2, -0.15) is 4.98 Å². The third-order valence-corrected chi connectivity index (χ3v) is 5.05. The fourth-order valence-electron chi connectivity index (χ4n) is 2.63. The van der Waals surface area contributed by atoms with Crippen molar-refractivity contribution in [2.45, 2.75) is 6.61 Å². The first kappa shape index (κ1) is 22.3. The zero-order valence-electron chi connectivity index (χ0n) is 16.0. The van der Waals surface area contributed by atoms with Gasteiger partial charge in [-0.05, 0) is 45.8 Å². The molecule has 1 heterocycles. The van der Waals surface area contributed by atoms with Gasteiger partial charge in [-0.3, -0.25) is 14.9 Å². The SMILES string of the molecule is COc1cc(/C=C\c2nc(O)c([N+](=O)[O-])c(=O)[nH]2)cc(Br)c1OCc1ccccc1Cl. The van der Waals surface area contributed by atoms with Crippen LogP contribution in [-0.4, -0.2) is 27.1 Å². The number of hydrogen-bond acceptors (Lipinski definition) is 7. The molecule has 0 atom stereocenters. The molecule has 31 heavy (non-hydrogen) atoms. The van der Waals surface area contributed by atoms with Gasteiger partial charge >= 0.3 is 11.2 Å². The highest BCUT2D eigenvalue weighted by atomic mass is 79.9. The van der Waals surface area contributed by atoms with Crippen LogP contribution in [0, 0.1) is 10.1 Å². The Kier molecular flexibility index (Phi) is 6.93. The van der Waals surface area contributed by atoms with Crippen molar-refractivity contribution in [1.29, 1.82) is 0 Å². The van der Waals surface area contributed by atoms with Gasteiger partial charge in [0, 0.05) is 10.6 Å². The highest BCUT2D eigenvalue weighted by Gasteiger charge is 2.21. The number of nitro groups is 1. The normalized spacial score (nSPS) is 10.9. The van der Waals surface area contributed by atoms with E-state index in [2.05, 4.69) is 25.9 Å². The maximum Gasteiger partial charge on any atom is 0.395 e. The van der Waals surface area contributed by atoms with Crippen LogP contribution in [0.25, 0.3) is 12.2 Å². The summed E-state index contributed by atoms with van der Waals surface area (Å²) in [7, 11) is 1.49. The van der Waals surface area contributed by atoms with Crippen LogP contribution < -0.4 is 15.0 Å². The predicted octanol–water partition coefficient (Wildman–Crippen LogP) is 4.56. The molecular weight excluding hydrogens is 494 g/mol. The quantitative estimate of drug-likeness (QED) is 0.354. The zero-order chi connectivity index (χ0) is 22.5. The van der Waals surface area contributed by atoms with Crippen LogP contribution in [0.15, 0.2) is 45.7 Å². The molecule has 0 saturated heterocycles. The molecule has 0 fully saturated rings. The summed E-state index contributed by atoms with van der Waals surface area (Å²) in [5.41, 5.74) is -0.606. The highest BCUT2D eigenvalue weighted by Crippen LogP contribution is 2.38. The molecule has 0 amide bonds. The molecule has 3 rings (SSSR count). The van der Waals surface area contributed by atoms with Gasteiger partial charge in [0.1, 0.15) is 12.4 Å². The van der Waals surface area contributed by atoms with E-state index in [0.29, 0.717) is 26.6 Å². The average molecular weight is 509 g/mol. The largest absolute Gasteiger partial charge is 0.493 e. The Labute approximate surface area is 189 Å². The van der Waals surface area contributed by atoms with Crippen LogP contribution in [0.4, 0.5) is 5.69 Å². The van der Waals surface area contributed by atoms with Gasteiger partial charge in [-0.25, -0.2) is 0 Å². The van der Waals surface area contributed by atoms with E-state index in [1.807, 2.05) is 18.2 Å². The lowest BCUT2D eigenvalue weighted by atomic mass is 10.2. The zero-order valence-corrected chi connectivity index (χ0v) is 18.3. The molecule has 0 bridgehead atoms. The smallest absolute Gasteiger partial charge is 0.395 e. The second-order valence-electron chi connectivity index (χ2n) is 6.13. The van der Waals surface area contributed by atoms with Gasteiger partial charge in [0.25, 0.3) is 5.88 Å². The first-order valence-corrected chi connectivity index (χ1v) is 9.86. The summed E-state index contributed by atoms with van der Waals surface area (Å²) < 4.78 is 11.9. The summed E-state index contributed by atoms with van der Waals surface area (Å²) in [6.45, 7) is 0.233. The standard InChI is InChI=1S/C20H15BrClN3O6/c1-30-15-9-11(6-7-16-23-19(26)17(25(28)29)20(27)24-16)8-13(21)18(15)31-10-12-4-2-3-5-14(12)22/h2-9H,10H2,1H3,(H2,23,24,26,27)/b7-6-. The summed E-state index contributed by atoms with van der Waals surface area (Å²) in [6, 6.07) is 10.7. The van der Waals surface area contributed by atoms with E-state index in [1.165, 1.54) is 13.2 Å². The molecule has 0 spiro atoms. The fraction of sp³-hybridized carbons (Fsp3) is 0.100. The topological polar surface area (TPSA) is 128 Å². The second-order valence-corrected chi connectivity index (χ2v) is 7.39. The Bertz CT molecular complexity index is 1230. The molecule has 11 heteroatoms. The van der Waals surface area contributed by atoms with E-state index in [1.54, 1.807) is 24.3 Å². The van der Waals surface area contributed by atoms with E-state index >= 15 is 0 Å². The van der Waals surface area contributed by atoms with E-state index in [4.69, 9.17) is 21.1 Å². The van der Waals surface area contributed by atoms with E-state index < -0.39 is 22.0 Å². The Morgan fingerprint density at radius 2 is 2.06 bits per heavy atom. The maximum absolute atomic E-state index is 11.7. The van der Waals surface area contributed by atoms with Crippen molar-refractivity contribution in [1.82, 2.24) is 9.97 Å². The molecule has 0 radical (unpaired) electrons. The van der Waals surface area contributed by atoms with Crippen LogP contribution in [0.3, 0.4) is 0 Å². The van der Waals surface area contributed by atoms with E-state index in [-0.39, 0.29) is 12.4 Å². The molecule has 0 aliphatic carbocycles. The second kappa shape index (κ2) is 9.63. The van der Waals surface area contributed by atoms with E-state index in [9.17, 15) is 20.0 Å². The van der Waals surface area contributed by atoms with Crippen LogP contribution in [0.1, 0.15) is 17.0 Å². The van der Waals surface area contributed by atoms with Crippen molar-refractivity contribution < 1.29 is 19.5 Å². The van der Waals surface area contributed by atoms with Crippen molar-refractivity contribution in [3.8, 4) is 17.4 Å². The fourth-order valence-corrected chi connectivity index (χ4v) is 3.40. The number of ether oxygens (including phenoxy) is 2. The number of H-pyrrole nitrogens is 1. The van der Waals surface area contributed by atoms with Gasteiger partial charge in [0.2, 0.25) is 0 Å². The Balaban J connectivity index is 1.85. The molecule has 160 valence electrons. The molecule has 0 aliphatic rings. The van der Waals surface area contributed by atoms with E-state index in [0.717, 1.165) is 5.56 Å². The number of rotatable bonds is 7. The van der Waals surface area contributed by atoms with Gasteiger partial charge in [-0.15, -0.1) is 0 Å². The Morgan fingerprint density at radius 1 is 1.32 bits per heavy atom. The van der Waals surface area contributed by atoms with Gasteiger partial charge in [0.15, 0.2) is 11.5 Å². The molecule has 9 nitrogen and oxygen atoms in total. The minimum atomic E-state index is -1.06. The minimum absolute atomic E-state index is 0.0535. The number of nitrogens with zero attached hydrogens (tertiary/aromatic N) is 2. The number of aromatic nitrogens is 2. The lowest BCUT2D eigenvalue weighted by molar-refractivity contribution is -0.387. The summed E-state index contributed by atoms with van der Waals surface area (Å²) in [5.74, 6) is -0.106. The van der Waals surface area contributed by atoms with Crippen molar-refractivity contribution in [3.05, 3.63) is 83.3 Å². The molecule has 0 saturated carbocycles. The molecule has 2 N–H and O–H groups in total. The van der Waals surface area contributed by atoms with Gasteiger partial charge in [-0.1, -0.05) is 35.9 Å². The number of aromatic amines is 1. The first-order chi connectivity index (χ1) is 14.8. The number of aromatic hydroxyl groups is 1. The number of benzene rings is 2. The third-order valence-electron chi connectivity index (χ3n) is 4.09. The molecule has 0 aliphatic heterocycles. The number of nitrogens with one attached hydrogen (secondary N) is 1. The Morgan fingerprint density at radius 3 is 2.71 bits per heavy atom. The van der Waals surface area contributed by atoms with Crippen molar-refractivity contribution in [2.24, 2.45) is 0 Å². The maximum atomic E-state index is 11.7. The molecule has 3 aromatic rings. The molecular formula is C20H15BrClN3O6. The first-order valence-electron chi connectivity index (χ1n) is 8.69. The summed E-state index contributed by atoms with van der Waals surface area (Å²) in [4.78, 5) is 27.4. The van der Waals surface area contributed by atoms with Crippen molar-refractivity contribution >= 4 is 45.4 Å². The number of halogens is 2. The highest BCUT2D eigenvalue weighted by molar-refractivity contribution is 9.10. The number of hydrogen-bond donors (Lipinski definition) is 2. The molecule has 1 aromatic heterocycles. The van der Waals surface area contributed by atoms with Gasteiger partial charge in [0.05, 0.1) is 16.5 Å². The summed E-state index contributed by atoms with van der Waals surface area (Å²) in [6.07, 6.45) is 2.96. The summed E-state index contributed by atoms with van der Waals surface area (Å²) >= 11 is 9.61. The lowest BCUT2D eigenvalue weighted by Crippen LogP contribution is -2.14. The van der Waals surface area contributed by atoms with Gasteiger partial charge < -0.3 is 19.6 Å². The van der Waals surface area contributed by atoms with Crippen LogP contribution in [-0.2, 0) is 6.61 Å². The molecule has 0 unspecified atom stereocenters. The predicted molar refractivity (Wildman–Crippen MR) is 119 cm³/mol. The summed E-state index contributed by atoms with van der Waals surface area (Å²) in [5, 5.41) is 21.0. The Hall–Kier alpha value is -3.37. The monoisotopic (exact) mass is 507 g/mol.